The molecular weight excluding hydrogens is 478 g/mol. The lowest BCUT2D eigenvalue weighted by atomic mass is 10.3. The van der Waals surface area contributed by atoms with Crippen molar-refractivity contribution >= 4 is 48.9 Å². The Bertz CT molecular complexity index is 1160. The molecule has 0 saturated heterocycles. The first-order chi connectivity index (χ1) is 14.9. The summed E-state index contributed by atoms with van der Waals surface area (Å²) in [6, 6.07) is 10.1. The van der Waals surface area contributed by atoms with Crippen molar-refractivity contribution < 1.29 is 26.4 Å². The number of carbonyl (C=O) groups is 1. The molecule has 0 heterocycles. The minimum atomic E-state index is -3.85. The number of nitrogens with one attached hydrogen (secondary N) is 1. The van der Waals surface area contributed by atoms with E-state index in [-0.39, 0.29) is 21.4 Å². The molecule has 0 aliphatic carbocycles. The third-order valence-corrected chi connectivity index (χ3v) is 8.00. The number of hydrogen-bond donors (Lipinski definition) is 1. The smallest absolute Gasteiger partial charge is 0.245 e. The first-order valence-corrected chi connectivity index (χ1v) is 13.3. The summed E-state index contributed by atoms with van der Waals surface area (Å²) in [5, 5.41) is 2.85. The SMILES string of the molecule is CCN(CC)S(=O)(=O)c1ccc(NC(=O)CN(c2cc(Cl)ccc2OC)S(C)(=O)=O)cc1. The van der Waals surface area contributed by atoms with Crippen molar-refractivity contribution in [3.63, 3.8) is 0 Å². The van der Waals surface area contributed by atoms with Gasteiger partial charge in [-0.3, -0.25) is 9.10 Å². The van der Waals surface area contributed by atoms with Crippen LogP contribution >= 0.6 is 11.6 Å². The van der Waals surface area contributed by atoms with Crippen molar-refractivity contribution in [3.8, 4) is 5.75 Å². The van der Waals surface area contributed by atoms with E-state index in [1.165, 1.54) is 53.9 Å². The quantitative estimate of drug-likeness (QED) is 0.533. The maximum atomic E-state index is 12.6. The van der Waals surface area contributed by atoms with Gasteiger partial charge in [-0.2, -0.15) is 4.31 Å². The van der Waals surface area contributed by atoms with Crippen LogP contribution in [0.15, 0.2) is 47.4 Å². The fourth-order valence-corrected chi connectivity index (χ4v) is 5.47. The summed E-state index contributed by atoms with van der Waals surface area (Å²) >= 11 is 6.00. The van der Waals surface area contributed by atoms with E-state index in [0.717, 1.165) is 10.6 Å². The third kappa shape index (κ3) is 6.12. The number of anilines is 2. The molecule has 2 aromatic carbocycles. The predicted octanol–water partition coefficient (Wildman–Crippen LogP) is 2.78. The molecule has 32 heavy (non-hydrogen) atoms. The zero-order valence-corrected chi connectivity index (χ0v) is 20.6. The highest BCUT2D eigenvalue weighted by Crippen LogP contribution is 2.32. The Balaban J connectivity index is 2.24. The van der Waals surface area contributed by atoms with Crippen molar-refractivity contribution in [2.75, 3.05) is 42.6 Å². The van der Waals surface area contributed by atoms with Gasteiger partial charge in [0.15, 0.2) is 0 Å². The molecule has 0 unspecified atom stereocenters. The second-order valence-corrected chi connectivity index (χ2v) is 11.0. The number of carbonyl (C=O) groups excluding carboxylic acids is 1. The highest BCUT2D eigenvalue weighted by atomic mass is 35.5. The number of hydrogen-bond acceptors (Lipinski definition) is 6. The normalized spacial score (nSPS) is 11.9. The van der Waals surface area contributed by atoms with Crippen molar-refractivity contribution in [3.05, 3.63) is 47.5 Å². The highest BCUT2D eigenvalue weighted by molar-refractivity contribution is 7.92. The molecule has 0 radical (unpaired) electrons. The molecule has 1 amide bonds. The molecular formula is C20H26ClN3O6S2. The summed E-state index contributed by atoms with van der Waals surface area (Å²) in [6.07, 6.45) is 0.966. The van der Waals surface area contributed by atoms with E-state index < -0.39 is 32.5 Å². The standard InChI is InChI=1S/C20H26ClN3O6S2/c1-5-23(6-2)32(28,29)17-10-8-16(9-11-17)22-20(25)14-24(31(4,26)27)18-13-15(21)7-12-19(18)30-3/h7-13H,5-6,14H2,1-4H3,(H,22,25). The van der Waals surface area contributed by atoms with Gasteiger partial charge >= 0.3 is 0 Å². The average molecular weight is 504 g/mol. The zero-order chi connectivity index (χ0) is 24.1. The Morgan fingerprint density at radius 2 is 1.62 bits per heavy atom. The van der Waals surface area contributed by atoms with Crippen LogP contribution in [-0.4, -0.2) is 60.0 Å². The van der Waals surface area contributed by atoms with Crippen molar-refractivity contribution in [1.82, 2.24) is 4.31 Å². The zero-order valence-electron chi connectivity index (χ0n) is 18.2. The summed E-state index contributed by atoms with van der Waals surface area (Å²) in [6.45, 7) is 3.64. The van der Waals surface area contributed by atoms with Crippen LogP contribution < -0.4 is 14.4 Å². The number of rotatable bonds is 10. The van der Waals surface area contributed by atoms with Gasteiger partial charge in [0.25, 0.3) is 0 Å². The molecule has 2 aromatic rings. The van der Waals surface area contributed by atoms with Gasteiger partial charge in [-0.05, 0) is 42.5 Å². The Morgan fingerprint density at radius 3 is 2.12 bits per heavy atom. The van der Waals surface area contributed by atoms with Crippen LogP contribution in [0.2, 0.25) is 5.02 Å². The minimum absolute atomic E-state index is 0.0978. The number of halogens is 1. The van der Waals surface area contributed by atoms with Gasteiger partial charge < -0.3 is 10.1 Å². The Hall–Kier alpha value is -2.34. The molecule has 0 atom stereocenters. The van der Waals surface area contributed by atoms with Gasteiger partial charge in [0, 0.05) is 23.8 Å². The maximum Gasteiger partial charge on any atom is 0.245 e. The van der Waals surface area contributed by atoms with E-state index in [2.05, 4.69) is 5.32 Å². The van der Waals surface area contributed by atoms with Crippen LogP contribution in [0.5, 0.6) is 5.75 Å². The fraction of sp³-hybridized carbons (Fsp3) is 0.350. The van der Waals surface area contributed by atoms with Crippen LogP contribution in [0.25, 0.3) is 0 Å². The molecule has 176 valence electrons. The monoisotopic (exact) mass is 503 g/mol. The second kappa shape index (κ2) is 10.5. The lowest BCUT2D eigenvalue weighted by Gasteiger charge is -2.24. The van der Waals surface area contributed by atoms with Gasteiger partial charge in [-0.1, -0.05) is 25.4 Å². The molecule has 12 heteroatoms. The predicted molar refractivity (Wildman–Crippen MR) is 125 cm³/mol. The molecule has 0 bridgehead atoms. The number of nitrogens with zero attached hydrogens (tertiary/aromatic N) is 2. The van der Waals surface area contributed by atoms with Crippen LogP contribution in [0.1, 0.15) is 13.8 Å². The molecule has 0 saturated carbocycles. The maximum absolute atomic E-state index is 12.6. The Morgan fingerprint density at radius 1 is 1.03 bits per heavy atom. The fourth-order valence-electron chi connectivity index (χ4n) is 2.99. The number of ether oxygens (including phenoxy) is 1. The van der Waals surface area contributed by atoms with Crippen LogP contribution in [-0.2, 0) is 24.8 Å². The van der Waals surface area contributed by atoms with Crippen molar-refractivity contribution in [1.29, 1.82) is 0 Å². The molecule has 0 fully saturated rings. The molecule has 0 aromatic heterocycles. The lowest BCUT2D eigenvalue weighted by Crippen LogP contribution is -2.37. The highest BCUT2D eigenvalue weighted by Gasteiger charge is 2.25. The number of sulfonamides is 2. The number of methoxy groups -OCH3 is 1. The summed E-state index contributed by atoms with van der Waals surface area (Å²) in [5.74, 6) is -0.393. The molecule has 0 spiro atoms. The first-order valence-electron chi connectivity index (χ1n) is 9.65. The average Bonchev–Trinajstić information content (AvgIpc) is 2.72. The summed E-state index contributed by atoms with van der Waals surface area (Å²) in [7, 11) is -6.10. The number of amides is 1. The summed E-state index contributed by atoms with van der Waals surface area (Å²) < 4.78 is 57.2. The molecule has 0 aliphatic rings. The molecule has 0 aliphatic heterocycles. The van der Waals surface area contributed by atoms with Crippen molar-refractivity contribution in [2.45, 2.75) is 18.7 Å². The van der Waals surface area contributed by atoms with Gasteiger partial charge in [0.05, 0.1) is 23.9 Å². The van der Waals surface area contributed by atoms with E-state index in [4.69, 9.17) is 16.3 Å². The van der Waals surface area contributed by atoms with Gasteiger partial charge in [-0.25, -0.2) is 16.8 Å². The van der Waals surface area contributed by atoms with Crippen LogP contribution in [0, 0.1) is 0 Å². The first kappa shape index (κ1) is 25.9. The Kier molecular flexibility index (Phi) is 8.52. The van der Waals surface area contributed by atoms with Gasteiger partial charge in [-0.15, -0.1) is 0 Å². The van der Waals surface area contributed by atoms with E-state index in [1.54, 1.807) is 13.8 Å². The van der Waals surface area contributed by atoms with Gasteiger partial charge in [0.2, 0.25) is 26.0 Å². The van der Waals surface area contributed by atoms with Crippen LogP contribution in [0.4, 0.5) is 11.4 Å². The molecule has 2 rings (SSSR count). The van der Waals surface area contributed by atoms with Crippen molar-refractivity contribution in [2.24, 2.45) is 0 Å². The minimum Gasteiger partial charge on any atom is -0.495 e. The van der Waals surface area contributed by atoms with E-state index in [9.17, 15) is 21.6 Å². The largest absolute Gasteiger partial charge is 0.495 e. The van der Waals surface area contributed by atoms with Crippen LogP contribution in [0.3, 0.4) is 0 Å². The van der Waals surface area contributed by atoms with E-state index in [1.807, 2.05) is 0 Å². The summed E-state index contributed by atoms with van der Waals surface area (Å²) in [5.41, 5.74) is 0.443. The Labute approximate surface area is 194 Å². The topological polar surface area (TPSA) is 113 Å². The second-order valence-electron chi connectivity index (χ2n) is 6.75. The lowest BCUT2D eigenvalue weighted by molar-refractivity contribution is -0.114. The van der Waals surface area contributed by atoms with E-state index in [0.29, 0.717) is 18.8 Å². The third-order valence-electron chi connectivity index (χ3n) is 4.58. The summed E-state index contributed by atoms with van der Waals surface area (Å²) in [4.78, 5) is 12.7. The van der Waals surface area contributed by atoms with E-state index >= 15 is 0 Å². The van der Waals surface area contributed by atoms with Gasteiger partial charge in [0.1, 0.15) is 12.3 Å². The molecule has 9 nitrogen and oxygen atoms in total. The molecule has 1 N–H and O–H groups in total. The number of benzene rings is 2.